The van der Waals surface area contributed by atoms with Crippen molar-refractivity contribution in [2.75, 3.05) is 0 Å². The summed E-state index contributed by atoms with van der Waals surface area (Å²) in [5.74, 6) is -1.07. The van der Waals surface area contributed by atoms with Crippen LogP contribution in [0.4, 0.5) is 0 Å². The lowest BCUT2D eigenvalue weighted by molar-refractivity contribution is -0.149. The van der Waals surface area contributed by atoms with Gasteiger partial charge < -0.3 is 10.2 Å². The summed E-state index contributed by atoms with van der Waals surface area (Å²) in [5, 5.41) is 18.6. The van der Waals surface area contributed by atoms with E-state index in [1.165, 1.54) is 0 Å². The normalized spacial score (nSPS) is 14.4. The molecule has 0 aliphatic heterocycles. The molecular formula is C28H38O4. The molecule has 0 spiro atoms. The van der Waals surface area contributed by atoms with Crippen LogP contribution in [-0.2, 0) is 22.4 Å². The highest BCUT2D eigenvalue weighted by atomic mass is 16.4. The molecule has 0 saturated heterocycles. The van der Waals surface area contributed by atoms with Gasteiger partial charge in [-0.25, -0.2) is 0 Å². The third-order valence-electron chi connectivity index (χ3n) is 5.46. The fourth-order valence-electron chi connectivity index (χ4n) is 4.11. The molecule has 0 aliphatic carbocycles. The SMILES string of the molecule is C=C(C)C[C@](C)(Cc1ccccc1)C(=O)O.CC(C)C[C@](C)(Cc1ccccc1)C(=O)O. The largest absolute Gasteiger partial charge is 0.481 e. The van der Waals surface area contributed by atoms with Crippen LogP contribution in [0.5, 0.6) is 0 Å². The average molecular weight is 439 g/mol. The molecule has 174 valence electrons. The Morgan fingerprint density at radius 2 is 1.19 bits per heavy atom. The summed E-state index contributed by atoms with van der Waals surface area (Å²) in [6.07, 6.45) is 2.35. The highest BCUT2D eigenvalue weighted by Gasteiger charge is 2.34. The zero-order chi connectivity index (χ0) is 24.4. The van der Waals surface area contributed by atoms with Gasteiger partial charge in [-0.15, -0.1) is 6.58 Å². The lowest BCUT2D eigenvalue weighted by atomic mass is 9.77. The van der Waals surface area contributed by atoms with Crippen molar-refractivity contribution in [3.05, 3.63) is 83.9 Å². The molecule has 4 heteroatoms. The Morgan fingerprint density at radius 3 is 1.50 bits per heavy atom. The Bertz CT molecular complexity index is 873. The van der Waals surface area contributed by atoms with Crippen molar-refractivity contribution in [1.29, 1.82) is 0 Å². The molecular weight excluding hydrogens is 400 g/mol. The van der Waals surface area contributed by atoms with E-state index >= 15 is 0 Å². The Labute approximate surface area is 193 Å². The Hall–Kier alpha value is -2.88. The highest BCUT2D eigenvalue weighted by molar-refractivity contribution is 5.75. The van der Waals surface area contributed by atoms with Crippen molar-refractivity contribution < 1.29 is 19.8 Å². The van der Waals surface area contributed by atoms with Gasteiger partial charge in [0.1, 0.15) is 0 Å². The van der Waals surface area contributed by atoms with Crippen molar-refractivity contribution in [1.82, 2.24) is 0 Å². The molecule has 0 saturated carbocycles. The van der Waals surface area contributed by atoms with E-state index < -0.39 is 22.8 Å². The molecule has 2 atom stereocenters. The second-order valence-corrected chi connectivity index (χ2v) is 9.79. The topological polar surface area (TPSA) is 74.6 Å². The molecule has 0 radical (unpaired) electrons. The Morgan fingerprint density at radius 1 is 0.812 bits per heavy atom. The number of hydrogen-bond acceptors (Lipinski definition) is 2. The van der Waals surface area contributed by atoms with Crippen LogP contribution in [0.1, 0.15) is 58.6 Å². The van der Waals surface area contributed by atoms with E-state index in [1.807, 2.05) is 74.5 Å². The van der Waals surface area contributed by atoms with Crippen molar-refractivity contribution in [2.45, 2.75) is 60.3 Å². The van der Waals surface area contributed by atoms with Crippen LogP contribution in [0.2, 0.25) is 0 Å². The van der Waals surface area contributed by atoms with Crippen molar-refractivity contribution in [2.24, 2.45) is 16.7 Å². The first-order chi connectivity index (χ1) is 14.9. The zero-order valence-corrected chi connectivity index (χ0v) is 20.1. The maximum absolute atomic E-state index is 11.4. The summed E-state index contributed by atoms with van der Waals surface area (Å²) >= 11 is 0. The highest BCUT2D eigenvalue weighted by Crippen LogP contribution is 2.31. The van der Waals surface area contributed by atoms with Crippen LogP contribution in [0.25, 0.3) is 0 Å². The predicted molar refractivity (Wildman–Crippen MR) is 131 cm³/mol. The smallest absolute Gasteiger partial charge is 0.310 e. The van der Waals surface area contributed by atoms with Gasteiger partial charge >= 0.3 is 11.9 Å². The molecule has 0 aromatic heterocycles. The lowest BCUT2D eigenvalue weighted by Crippen LogP contribution is -2.31. The first-order valence-electron chi connectivity index (χ1n) is 11.1. The molecule has 0 amide bonds. The van der Waals surface area contributed by atoms with Crippen molar-refractivity contribution >= 4 is 11.9 Å². The van der Waals surface area contributed by atoms with Crippen LogP contribution < -0.4 is 0 Å². The van der Waals surface area contributed by atoms with Crippen LogP contribution in [0.15, 0.2) is 72.8 Å². The van der Waals surface area contributed by atoms with Gasteiger partial charge in [-0.3, -0.25) is 9.59 Å². The molecule has 0 unspecified atom stereocenters. The van der Waals surface area contributed by atoms with Crippen LogP contribution in [0.3, 0.4) is 0 Å². The molecule has 2 rings (SSSR count). The summed E-state index contributed by atoms with van der Waals surface area (Å²) in [7, 11) is 0. The number of carboxylic acid groups (broad SMARTS) is 2. The molecule has 2 N–H and O–H groups in total. The second kappa shape index (κ2) is 12.2. The van der Waals surface area contributed by atoms with E-state index in [1.54, 1.807) is 6.92 Å². The minimum atomic E-state index is -0.764. The first kappa shape index (κ1) is 27.2. The fraction of sp³-hybridized carbons (Fsp3) is 0.429. The minimum Gasteiger partial charge on any atom is -0.481 e. The molecule has 0 heterocycles. The maximum atomic E-state index is 11.4. The van der Waals surface area contributed by atoms with Crippen LogP contribution in [0, 0.1) is 16.7 Å². The number of carboxylic acids is 2. The van der Waals surface area contributed by atoms with E-state index in [2.05, 4.69) is 20.4 Å². The van der Waals surface area contributed by atoms with Crippen LogP contribution in [-0.4, -0.2) is 22.2 Å². The predicted octanol–water partition coefficient (Wildman–Crippen LogP) is 6.65. The summed E-state index contributed by atoms with van der Waals surface area (Å²) in [5.41, 5.74) is 1.63. The monoisotopic (exact) mass is 438 g/mol. The Balaban J connectivity index is 0.000000320. The molecule has 0 fully saturated rings. The molecule has 2 aromatic rings. The standard InChI is InChI=1S/C14H20O2.C14H18O2/c2*1-11(2)9-14(3,13(15)16)10-12-7-5-4-6-8-12/h4-8,11H,9-10H2,1-3H3,(H,15,16);4-8H,1,9-10H2,2-3H3,(H,15,16)/t2*14-/m11/s1. The molecule has 2 aromatic carbocycles. The third-order valence-corrected chi connectivity index (χ3v) is 5.46. The summed E-state index contributed by atoms with van der Waals surface area (Å²) in [6.45, 7) is 13.4. The minimum absolute atomic E-state index is 0.393. The van der Waals surface area contributed by atoms with Gasteiger partial charge in [0.2, 0.25) is 0 Å². The molecule has 4 nitrogen and oxygen atoms in total. The van der Waals surface area contributed by atoms with Gasteiger partial charge in [-0.2, -0.15) is 0 Å². The van der Waals surface area contributed by atoms with E-state index in [0.717, 1.165) is 16.7 Å². The number of carbonyl (C=O) groups is 2. The zero-order valence-electron chi connectivity index (χ0n) is 20.1. The summed E-state index contributed by atoms with van der Waals surface area (Å²) < 4.78 is 0. The Kier molecular flexibility index (Phi) is 10.4. The first-order valence-corrected chi connectivity index (χ1v) is 11.1. The van der Waals surface area contributed by atoms with Gasteiger partial charge in [-0.05, 0) is 63.5 Å². The van der Waals surface area contributed by atoms with Crippen LogP contribution >= 0.6 is 0 Å². The van der Waals surface area contributed by atoms with Gasteiger partial charge in [0.25, 0.3) is 0 Å². The third kappa shape index (κ3) is 9.09. The number of allylic oxidation sites excluding steroid dienone is 1. The summed E-state index contributed by atoms with van der Waals surface area (Å²) in [4.78, 5) is 22.7. The number of aliphatic carboxylic acids is 2. The van der Waals surface area contributed by atoms with E-state index in [-0.39, 0.29) is 0 Å². The molecule has 0 bridgehead atoms. The second-order valence-electron chi connectivity index (χ2n) is 9.79. The molecule has 0 aliphatic rings. The maximum Gasteiger partial charge on any atom is 0.310 e. The van der Waals surface area contributed by atoms with E-state index in [9.17, 15) is 19.8 Å². The fourth-order valence-corrected chi connectivity index (χ4v) is 4.11. The number of benzene rings is 2. The number of hydrogen-bond donors (Lipinski definition) is 2. The average Bonchev–Trinajstić information content (AvgIpc) is 2.68. The van der Waals surface area contributed by atoms with Crippen molar-refractivity contribution in [3.8, 4) is 0 Å². The van der Waals surface area contributed by atoms with Gasteiger partial charge in [0, 0.05) is 0 Å². The van der Waals surface area contributed by atoms with Gasteiger partial charge in [0.05, 0.1) is 10.8 Å². The van der Waals surface area contributed by atoms with Gasteiger partial charge in [-0.1, -0.05) is 80.1 Å². The van der Waals surface area contributed by atoms with E-state index in [4.69, 9.17) is 0 Å². The summed E-state index contributed by atoms with van der Waals surface area (Å²) in [6, 6.07) is 19.5. The van der Waals surface area contributed by atoms with E-state index in [0.29, 0.717) is 31.6 Å². The molecule has 32 heavy (non-hydrogen) atoms. The van der Waals surface area contributed by atoms with Gasteiger partial charge in [0.15, 0.2) is 0 Å². The lowest BCUT2D eigenvalue weighted by Gasteiger charge is -2.26. The quantitative estimate of drug-likeness (QED) is 0.407. The number of rotatable bonds is 10. The van der Waals surface area contributed by atoms with Crippen molar-refractivity contribution in [3.63, 3.8) is 0 Å².